The molecule has 38 heavy (non-hydrogen) atoms. The fourth-order valence-corrected chi connectivity index (χ4v) is 5.87. The summed E-state index contributed by atoms with van der Waals surface area (Å²) >= 11 is 3.27. The molecule has 7 nitrogen and oxygen atoms in total. The van der Waals surface area contributed by atoms with Crippen molar-refractivity contribution in [3.8, 4) is 22.8 Å². The number of halogens is 3. The van der Waals surface area contributed by atoms with Gasteiger partial charge in [-0.3, -0.25) is 4.90 Å². The normalized spacial score (nSPS) is 14.8. The second kappa shape index (κ2) is 9.44. The van der Waals surface area contributed by atoms with Crippen molar-refractivity contribution in [3.63, 3.8) is 0 Å². The van der Waals surface area contributed by atoms with Crippen LogP contribution in [-0.2, 0) is 0 Å². The number of aryl methyl sites for hydroxylation is 2. The Morgan fingerprint density at radius 1 is 1.00 bits per heavy atom. The van der Waals surface area contributed by atoms with E-state index in [2.05, 4.69) is 45.7 Å². The lowest BCUT2D eigenvalue weighted by molar-refractivity contribution is -0.274. The molecule has 0 bridgehead atoms. The standard InChI is InChI=1S/C26H19F3N6OS2/c1-15-4-3-5-16(2)22(15)32-24-34(14-37-24)25-31-20-11-6-17(12-21(20)38-25)23-30-13-35(33-23)18-7-9-19(10-8-18)36-26(27,28)29/h3-13H,14H2,1-2H3. The van der Waals surface area contributed by atoms with Crippen LogP contribution < -0.4 is 9.64 Å². The van der Waals surface area contributed by atoms with Gasteiger partial charge in [0.15, 0.2) is 16.1 Å². The molecule has 0 spiro atoms. The zero-order valence-electron chi connectivity index (χ0n) is 20.1. The second-order valence-electron chi connectivity index (χ2n) is 8.57. The van der Waals surface area contributed by atoms with Gasteiger partial charge in [0.25, 0.3) is 0 Å². The van der Waals surface area contributed by atoms with Crippen molar-refractivity contribution in [1.82, 2.24) is 19.7 Å². The van der Waals surface area contributed by atoms with Crippen molar-refractivity contribution in [2.75, 3.05) is 10.8 Å². The first-order valence-electron chi connectivity index (χ1n) is 11.5. The number of para-hydroxylation sites is 1. The zero-order valence-corrected chi connectivity index (χ0v) is 21.7. The number of hydrogen-bond acceptors (Lipinski definition) is 7. The van der Waals surface area contributed by atoms with Crippen molar-refractivity contribution in [2.24, 2.45) is 4.99 Å². The molecule has 0 saturated carbocycles. The number of amidine groups is 1. The van der Waals surface area contributed by atoms with E-state index in [1.807, 2.05) is 24.3 Å². The van der Waals surface area contributed by atoms with Crippen LogP contribution in [-0.4, -0.2) is 37.2 Å². The summed E-state index contributed by atoms with van der Waals surface area (Å²) in [6.45, 7) is 4.12. The molecule has 1 aliphatic heterocycles. The molecule has 192 valence electrons. The third-order valence-corrected chi connectivity index (χ3v) is 7.89. The van der Waals surface area contributed by atoms with E-state index in [-0.39, 0.29) is 5.75 Å². The molecular weight excluding hydrogens is 533 g/mol. The predicted molar refractivity (Wildman–Crippen MR) is 145 cm³/mol. The van der Waals surface area contributed by atoms with Gasteiger partial charge in [-0.25, -0.2) is 19.6 Å². The smallest absolute Gasteiger partial charge is 0.406 e. The highest BCUT2D eigenvalue weighted by Crippen LogP contribution is 2.39. The first-order chi connectivity index (χ1) is 18.2. The molecule has 3 aromatic carbocycles. The Bertz CT molecular complexity index is 1660. The Morgan fingerprint density at radius 2 is 1.76 bits per heavy atom. The average Bonchev–Trinajstić information content (AvgIpc) is 3.49. The molecule has 12 heteroatoms. The number of alkyl halides is 3. The third kappa shape index (κ3) is 4.84. The van der Waals surface area contributed by atoms with Gasteiger partial charge >= 0.3 is 6.36 Å². The van der Waals surface area contributed by atoms with Gasteiger partial charge < -0.3 is 4.74 Å². The average molecular weight is 553 g/mol. The maximum Gasteiger partial charge on any atom is 0.573 e. The lowest BCUT2D eigenvalue weighted by atomic mass is 10.1. The Morgan fingerprint density at radius 3 is 2.45 bits per heavy atom. The van der Waals surface area contributed by atoms with E-state index < -0.39 is 6.36 Å². The van der Waals surface area contributed by atoms with Crippen molar-refractivity contribution in [3.05, 3.63) is 78.1 Å². The summed E-state index contributed by atoms with van der Waals surface area (Å²) in [5.74, 6) is 0.986. The minimum atomic E-state index is -4.74. The lowest BCUT2D eigenvalue weighted by Crippen LogP contribution is -2.38. The zero-order chi connectivity index (χ0) is 26.4. The number of aromatic nitrogens is 4. The largest absolute Gasteiger partial charge is 0.573 e. The van der Waals surface area contributed by atoms with E-state index in [9.17, 15) is 13.2 Å². The van der Waals surface area contributed by atoms with Crippen LogP contribution in [0.4, 0.5) is 24.0 Å². The number of thiazole rings is 1. The number of hydrogen-bond donors (Lipinski definition) is 0. The van der Waals surface area contributed by atoms with Crippen LogP contribution in [0.15, 0.2) is 72.0 Å². The summed E-state index contributed by atoms with van der Waals surface area (Å²) in [6.07, 6.45) is -3.22. The van der Waals surface area contributed by atoms with Crippen LogP contribution >= 0.6 is 23.1 Å². The molecule has 6 rings (SSSR count). The monoisotopic (exact) mass is 552 g/mol. The summed E-state index contributed by atoms with van der Waals surface area (Å²) in [7, 11) is 0. The Labute approximate surface area is 223 Å². The number of fused-ring (bicyclic) bond motifs is 1. The van der Waals surface area contributed by atoms with Gasteiger partial charge in [0.1, 0.15) is 12.1 Å². The molecule has 0 atom stereocenters. The first-order valence-corrected chi connectivity index (χ1v) is 13.3. The van der Waals surface area contributed by atoms with Crippen molar-refractivity contribution < 1.29 is 17.9 Å². The molecule has 5 aromatic rings. The SMILES string of the molecule is Cc1cccc(C)c1N=C1SCN1c1nc2ccc(-c3ncn(-c4ccc(OC(F)(F)F)cc4)n3)cc2s1. The van der Waals surface area contributed by atoms with Gasteiger partial charge in [0.05, 0.1) is 27.5 Å². The summed E-state index contributed by atoms with van der Waals surface area (Å²) < 4.78 is 43.6. The van der Waals surface area contributed by atoms with Gasteiger partial charge in [-0.2, -0.15) is 0 Å². The van der Waals surface area contributed by atoms with E-state index in [0.717, 1.165) is 48.8 Å². The fourth-order valence-electron chi connectivity index (χ4n) is 3.98. The summed E-state index contributed by atoms with van der Waals surface area (Å²) in [6, 6.07) is 17.4. The van der Waals surface area contributed by atoms with Gasteiger partial charge in [0.2, 0.25) is 0 Å². The quantitative estimate of drug-likeness (QED) is 0.229. The molecule has 2 aromatic heterocycles. The van der Waals surface area contributed by atoms with E-state index in [0.29, 0.717) is 11.5 Å². The van der Waals surface area contributed by atoms with Crippen LogP contribution in [0.3, 0.4) is 0 Å². The first kappa shape index (κ1) is 24.4. The number of nitrogens with zero attached hydrogens (tertiary/aromatic N) is 6. The molecule has 0 aliphatic carbocycles. The number of thioether (sulfide) groups is 1. The highest BCUT2D eigenvalue weighted by atomic mass is 32.2. The summed E-state index contributed by atoms with van der Waals surface area (Å²) in [4.78, 5) is 16.2. The molecule has 0 amide bonds. The highest BCUT2D eigenvalue weighted by Gasteiger charge is 2.31. The fraction of sp³-hybridized carbons (Fsp3) is 0.154. The molecule has 0 N–H and O–H groups in total. The molecular formula is C26H19F3N6OS2. The Hall–Kier alpha value is -3.90. The number of anilines is 1. The molecule has 1 aliphatic rings. The molecule has 0 unspecified atom stereocenters. The van der Waals surface area contributed by atoms with Gasteiger partial charge in [-0.15, -0.1) is 18.3 Å². The number of rotatable bonds is 5. The van der Waals surface area contributed by atoms with Crippen LogP contribution in [0.5, 0.6) is 5.75 Å². The molecule has 0 radical (unpaired) electrons. The van der Waals surface area contributed by atoms with Crippen LogP contribution in [0.25, 0.3) is 27.3 Å². The van der Waals surface area contributed by atoms with E-state index in [1.165, 1.54) is 35.3 Å². The number of ether oxygens (including phenoxy) is 1. The second-order valence-corrected chi connectivity index (χ2v) is 10.5. The maximum absolute atomic E-state index is 12.4. The van der Waals surface area contributed by atoms with Crippen molar-refractivity contribution in [1.29, 1.82) is 0 Å². The third-order valence-electron chi connectivity index (χ3n) is 5.89. The highest BCUT2D eigenvalue weighted by molar-refractivity contribution is 8.16. The van der Waals surface area contributed by atoms with E-state index in [1.54, 1.807) is 23.1 Å². The van der Waals surface area contributed by atoms with E-state index >= 15 is 0 Å². The molecule has 1 saturated heterocycles. The van der Waals surface area contributed by atoms with Crippen LogP contribution in [0.1, 0.15) is 11.1 Å². The minimum absolute atomic E-state index is 0.295. The Kier molecular flexibility index (Phi) is 6.07. The Balaban J connectivity index is 1.23. The summed E-state index contributed by atoms with van der Waals surface area (Å²) in [5.41, 5.74) is 5.51. The van der Waals surface area contributed by atoms with Gasteiger partial charge in [0, 0.05) is 5.56 Å². The number of benzene rings is 3. The van der Waals surface area contributed by atoms with E-state index in [4.69, 9.17) is 9.98 Å². The van der Waals surface area contributed by atoms with Crippen LogP contribution in [0, 0.1) is 13.8 Å². The number of aliphatic imine (C=N–C) groups is 1. The van der Waals surface area contributed by atoms with Gasteiger partial charge in [-0.05, 0) is 67.4 Å². The van der Waals surface area contributed by atoms with Crippen LogP contribution in [0.2, 0.25) is 0 Å². The van der Waals surface area contributed by atoms with Gasteiger partial charge in [-0.1, -0.05) is 41.3 Å². The van der Waals surface area contributed by atoms with Crippen molar-refractivity contribution in [2.45, 2.75) is 20.2 Å². The summed E-state index contributed by atoms with van der Waals surface area (Å²) in [5, 5.41) is 6.30. The topological polar surface area (TPSA) is 68.4 Å². The molecule has 3 heterocycles. The minimum Gasteiger partial charge on any atom is -0.406 e. The maximum atomic E-state index is 12.4. The van der Waals surface area contributed by atoms with Crippen molar-refractivity contribution >= 4 is 49.3 Å². The molecule has 1 fully saturated rings. The lowest BCUT2D eigenvalue weighted by Gasteiger charge is -2.31. The predicted octanol–water partition coefficient (Wildman–Crippen LogP) is 7.26.